The zero-order valence-corrected chi connectivity index (χ0v) is 49.5. The zero-order valence-electron chi connectivity index (χ0n) is 48.7. The van der Waals surface area contributed by atoms with Crippen molar-refractivity contribution in [2.45, 2.75) is 68.7 Å². The molecule has 4 heterocycles. The van der Waals surface area contributed by atoms with Crippen molar-refractivity contribution in [3.05, 3.63) is 253 Å². The van der Waals surface area contributed by atoms with Crippen molar-refractivity contribution >= 4 is 31.4 Å². The Bertz CT molecular complexity index is 4020. The lowest BCUT2D eigenvalue weighted by Crippen LogP contribution is -2.45. The van der Waals surface area contributed by atoms with Crippen LogP contribution >= 0.6 is 7.82 Å². The summed E-state index contributed by atoms with van der Waals surface area (Å²) in [5.41, 5.74) is -1.69. The number of rotatable bonds is 24. The van der Waals surface area contributed by atoms with Crippen LogP contribution in [0.5, 0.6) is 17.2 Å². The molecule has 0 spiro atoms. The summed E-state index contributed by atoms with van der Waals surface area (Å²) in [6.07, 6.45) is -5.82. The Morgan fingerprint density at radius 1 is 0.652 bits per heavy atom. The van der Waals surface area contributed by atoms with Crippen LogP contribution in [0.2, 0.25) is 0 Å². The van der Waals surface area contributed by atoms with Crippen LogP contribution in [-0.4, -0.2) is 102 Å². The zero-order chi connectivity index (χ0) is 62.7. The van der Waals surface area contributed by atoms with Gasteiger partial charge in [0.25, 0.3) is 17.4 Å². The standard InChI is InChI=1S/C65H61N6O17P/c1-42-39-70(64(77)71(60(42)73)61(74)44-15-8-5-9-16-44)58-37-52(87-62(75)45-17-10-6-11-18-45)55(86-58)41-84-89(78,83-36-14-34-66)88-53-38-57(69-35-33-56(68-63(69)76)67-59(72)43-21-27-49(79-2)28-22-43)85-54(53)40-82-65(46-19-12-7-13-20-46,47-23-29-50(80-3)30-24-47)48-25-31-51(81-4)32-26-48/h5-13,15-33,35,39,52-55,57-58H,14,36-38,40-41H2,1-4H3,(H,67,68,72,76)/t52-,53-,54+,55+,57+,58+,89?/m0/s1. The molecule has 10 rings (SSSR count). The molecule has 458 valence electrons. The summed E-state index contributed by atoms with van der Waals surface area (Å²) in [5, 5.41) is 12.3. The third-order valence-corrected chi connectivity index (χ3v) is 16.4. The monoisotopic (exact) mass is 1230 g/mol. The number of nitriles is 1. The summed E-state index contributed by atoms with van der Waals surface area (Å²) >= 11 is 0. The van der Waals surface area contributed by atoms with Gasteiger partial charge in [-0.25, -0.2) is 18.9 Å². The minimum Gasteiger partial charge on any atom is -0.497 e. The predicted octanol–water partition coefficient (Wildman–Crippen LogP) is 8.79. The molecule has 0 bridgehead atoms. The maximum Gasteiger partial charge on any atom is 0.475 e. The van der Waals surface area contributed by atoms with Crippen molar-refractivity contribution in [3.8, 4) is 23.3 Å². The number of carbonyl (C=O) groups excluding carboxylic acids is 3. The van der Waals surface area contributed by atoms with Gasteiger partial charge in [-0.1, -0.05) is 91.0 Å². The fraction of sp³-hybridized carbons (Fsp3) is 0.262. The van der Waals surface area contributed by atoms with E-state index in [9.17, 15) is 34.0 Å². The number of esters is 1. The van der Waals surface area contributed by atoms with Gasteiger partial charge in [0.05, 0.1) is 59.2 Å². The Morgan fingerprint density at radius 3 is 1.75 bits per heavy atom. The molecule has 2 aliphatic rings. The first-order valence-electron chi connectivity index (χ1n) is 28.1. The molecule has 6 aromatic carbocycles. The minimum absolute atomic E-state index is 0.00826. The molecule has 7 atom stereocenters. The lowest BCUT2D eigenvalue weighted by atomic mass is 9.80. The van der Waals surface area contributed by atoms with Crippen LogP contribution in [0, 0.1) is 18.3 Å². The number of anilines is 1. The van der Waals surface area contributed by atoms with E-state index < -0.39 is 98.2 Å². The summed E-state index contributed by atoms with van der Waals surface area (Å²) < 4.78 is 79.5. The van der Waals surface area contributed by atoms with Crippen LogP contribution in [0.15, 0.2) is 197 Å². The number of phosphoric ester groups is 1. The first kappa shape index (κ1) is 62.4. The summed E-state index contributed by atoms with van der Waals surface area (Å²) in [5.74, 6) is -0.615. The lowest BCUT2D eigenvalue weighted by molar-refractivity contribution is -0.0961. The molecule has 0 radical (unpaired) electrons. The Hall–Kier alpha value is -9.63. The highest BCUT2D eigenvalue weighted by molar-refractivity contribution is 7.48. The van der Waals surface area contributed by atoms with Crippen molar-refractivity contribution in [1.29, 1.82) is 5.26 Å². The van der Waals surface area contributed by atoms with Crippen LogP contribution in [0.25, 0.3) is 0 Å². The number of aryl methyl sites for hydroxylation is 1. The second kappa shape index (κ2) is 28.0. The molecule has 0 aliphatic carbocycles. The number of nitrogens with zero attached hydrogens (tertiary/aromatic N) is 5. The van der Waals surface area contributed by atoms with Gasteiger partial charge in [0, 0.05) is 41.9 Å². The van der Waals surface area contributed by atoms with Crippen molar-refractivity contribution in [2.75, 3.05) is 46.5 Å². The van der Waals surface area contributed by atoms with Gasteiger partial charge in [0.15, 0.2) is 0 Å². The third kappa shape index (κ3) is 14.0. The number of carbonyl (C=O) groups is 3. The fourth-order valence-corrected chi connectivity index (χ4v) is 11.8. The summed E-state index contributed by atoms with van der Waals surface area (Å²) in [6, 6.07) is 49.4. The first-order valence-corrected chi connectivity index (χ1v) is 29.6. The number of hydrogen-bond acceptors (Lipinski definition) is 19. The quantitative estimate of drug-likeness (QED) is 0.0256. The molecule has 23 nitrogen and oxygen atoms in total. The smallest absolute Gasteiger partial charge is 0.475 e. The molecule has 0 saturated carbocycles. The van der Waals surface area contributed by atoms with E-state index in [2.05, 4.69) is 10.3 Å². The van der Waals surface area contributed by atoms with E-state index in [1.54, 1.807) is 99.1 Å². The third-order valence-electron chi connectivity index (χ3n) is 14.9. The molecule has 2 saturated heterocycles. The number of nitrogens with one attached hydrogen (secondary N) is 1. The second-order valence-corrected chi connectivity index (χ2v) is 22.1. The van der Waals surface area contributed by atoms with Crippen molar-refractivity contribution in [3.63, 3.8) is 0 Å². The van der Waals surface area contributed by atoms with E-state index in [4.69, 9.17) is 46.7 Å². The van der Waals surface area contributed by atoms with Crippen LogP contribution in [0.4, 0.5) is 5.82 Å². The highest BCUT2D eigenvalue weighted by Gasteiger charge is 2.48. The number of benzene rings is 6. The van der Waals surface area contributed by atoms with Gasteiger partial charge in [0.1, 0.15) is 65.5 Å². The van der Waals surface area contributed by atoms with Crippen LogP contribution in [0.3, 0.4) is 0 Å². The number of phosphoric acid groups is 1. The number of ether oxygens (including phenoxy) is 7. The Kier molecular flexibility index (Phi) is 19.7. The predicted molar refractivity (Wildman–Crippen MR) is 321 cm³/mol. The maximum absolute atomic E-state index is 15.5. The topological polar surface area (TPSA) is 275 Å². The maximum atomic E-state index is 15.5. The lowest BCUT2D eigenvalue weighted by Gasteiger charge is -2.37. The second-order valence-electron chi connectivity index (χ2n) is 20.5. The minimum atomic E-state index is -4.97. The van der Waals surface area contributed by atoms with Gasteiger partial charge in [0.2, 0.25) is 0 Å². The number of methoxy groups -OCH3 is 3. The van der Waals surface area contributed by atoms with Gasteiger partial charge in [-0.05, 0) is 102 Å². The van der Waals surface area contributed by atoms with E-state index in [1.165, 1.54) is 56.8 Å². The molecule has 1 N–H and O–H groups in total. The van der Waals surface area contributed by atoms with E-state index in [1.807, 2.05) is 60.7 Å². The van der Waals surface area contributed by atoms with Crippen molar-refractivity contribution < 1.29 is 65.7 Å². The average molecular weight is 1230 g/mol. The van der Waals surface area contributed by atoms with Gasteiger partial charge in [-0.3, -0.25) is 37.1 Å². The Morgan fingerprint density at radius 2 is 1.18 bits per heavy atom. The van der Waals surface area contributed by atoms with Gasteiger partial charge in [-0.2, -0.15) is 14.8 Å². The molecule has 1 amide bonds. The first-order chi connectivity index (χ1) is 43.1. The summed E-state index contributed by atoms with van der Waals surface area (Å²) in [7, 11) is -0.377. The number of aromatic nitrogens is 4. The SMILES string of the molecule is COc1ccc(C(=O)Nc2ccn([C@H]3C[C@H](OP(=O)(OCCC#N)OC[C@H]4O[C@@H](n5cc(C)c(=O)n(C(=O)c6ccccc6)c5=O)C[C@@H]4OC(=O)c4ccccc4)[C@@H](COC(c4ccccc4)(c4ccc(OC)cc4)c4ccc(OC)cc4)O3)c(=O)n2)cc1. The van der Waals surface area contributed by atoms with E-state index in [0.717, 1.165) is 9.13 Å². The normalized spacial score (nSPS) is 18.7. The Balaban J connectivity index is 0.996. The molecular formula is C65H61N6O17P. The van der Waals surface area contributed by atoms with Crippen LogP contribution < -0.4 is 36.5 Å². The summed E-state index contributed by atoms with van der Waals surface area (Å²) in [4.78, 5) is 86.8. The molecular weight excluding hydrogens is 1170 g/mol. The summed E-state index contributed by atoms with van der Waals surface area (Å²) in [6.45, 7) is -0.111. The van der Waals surface area contributed by atoms with Gasteiger partial charge >= 0.3 is 25.2 Å². The average Bonchev–Trinajstić information content (AvgIpc) is 2.10. The molecule has 2 fully saturated rings. The number of hydrogen-bond donors (Lipinski definition) is 1. The van der Waals surface area contributed by atoms with E-state index in [-0.39, 0.29) is 53.9 Å². The molecule has 89 heavy (non-hydrogen) atoms. The van der Waals surface area contributed by atoms with E-state index in [0.29, 0.717) is 38.5 Å². The van der Waals surface area contributed by atoms with Crippen molar-refractivity contribution in [2.24, 2.45) is 0 Å². The van der Waals surface area contributed by atoms with Crippen molar-refractivity contribution in [1.82, 2.24) is 18.7 Å². The molecule has 2 aromatic heterocycles. The number of amides is 1. The molecule has 2 aliphatic heterocycles. The highest BCUT2D eigenvalue weighted by atomic mass is 31.2. The molecule has 8 aromatic rings. The van der Waals surface area contributed by atoms with E-state index >= 15 is 4.57 Å². The largest absolute Gasteiger partial charge is 0.497 e. The molecule has 24 heteroatoms. The van der Waals surface area contributed by atoms with Gasteiger partial charge < -0.3 is 38.5 Å². The van der Waals surface area contributed by atoms with Crippen LogP contribution in [-0.2, 0) is 42.7 Å². The highest BCUT2D eigenvalue weighted by Crippen LogP contribution is 2.54. The van der Waals surface area contributed by atoms with Crippen LogP contribution in [0.1, 0.15) is 85.0 Å². The Labute approximate surface area is 510 Å². The molecule has 1 unspecified atom stereocenters. The van der Waals surface area contributed by atoms with Gasteiger partial charge in [-0.15, -0.1) is 0 Å². The fourth-order valence-electron chi connectivity index (χ4n) is 10.4.